The van der Waals surface area contributed by atoms with Crippen molar-refractivity contribution in [1.29, 1.82) is 5.26 Å². The van der Waals surface area contributed by atoms with Crippen LogP contribution in [-0.4, -0.2) is 17.1 Å². The number of rotatable bonds is 3. The Bertz CT molecular complexity index is 604. The van der Waals surface area contributed by atoms with Gasteiger partial charge in [-0.2, -0.15) is 5.26 Å². The highest BCUT2D eigenvalue weighted by molar-refractivity contribution is 5.46. The van der Waals surface area contributed by atoms with Crippen LogP contribution in [0.4, 0.5) is 5.82 Å². The van der Waals surface area contributed by atoms with Crippen LogP contribution in [0.15, 0.2) is 30.5 Å². The molecule has 90 valence electrons. The third-order valence-electron chi connectivity index (χ3n) is 2.53. The largest absolute Gasteiger partial charge is 0.496 e. The van der Waals surface area contributed by atoms with Gasteiger partial charge in [-0.25, -0.2) is 9.97 Å². The first kappa shape index (κ1) is 11.9. The van der Waals surface area contributed by atoms with Gasteiger partial charge >= 0.3 is 0 Å². The first-order valence-electron chi connectivity index (χ1n) is 5.38. The standard InChI is InChI=1S/C13H12N4O/c1-18-11-5-3-2-4-9(11)6-12-16-8-10(7-14)13(15)17-12/h2-5,8H,6H2,1H3,(H2,15,16,17). The number of ether oxygens (including phenoxy) is 1. The molecular weight excluding hydrogens is 228 g/mol. The van der Waals surface area contributed by atoms with Gasteiger partial charge in [0, 0.05) is 12.0 Å². The molecule has 2 rings (SSSR count). The Morgan fingerprint density at radius 3 is 2.83 bits per heavy atom. The zero-order valence-electron chi connectivity index (χ0n) is 9.92. The minimum absolute atomic E-state index is 0.206. The fraction of sp³-hybridized carbons (Fsp3) is 0.154. The van der Waals surface area contributed by atoms with Crippen molar-refractivity contribution in [2.75, 3.05) is 12.8 Å². The van der Waals surface area contributed by atoms with Crippen molar-refractivity contribution in [2.24, 2.45) is 0 Å². The highest BCUT2D eigenvalue weighted by atomic mass is 16.5. The highest BCUT2D eigenvalue weighted by Crippen LogP contribution is 2.20. The summed E-state index contributed by atoms with van der Waals surface area (Å²) in [5.41, 5.74) is 6.92. The maximum absolute atomic E-state index is 8.75. The van der Waals surface area contributed by atoms with Crippen LogP contribution in [0.25, 0.3) is 0 Å². The molecule has 5 nitrogen and oxygen atoms in total. The van der Waals surface area contributed by atoms with E-state index in [1.807, 2.05) is 30.3 Å². The molecule has 2 aromatic rings. The van der Waals surface area contributed by atoms with Gasteiger partial charge in [-0.05, 0) is 6.07 Å². The number of aromatic nitrogens is 2. The van der Waals surface area contributed by atoms with E-state index < -0.39 is 0 Å². The van der Waals surface area contributed by atoms with Gasteiger partial charge in [0.25, 0.3) is 0 Å². The van der Waals surface area contributed by atoms with E-state index in [0.717, 1.165) is 11.3 Å². The van der Waals surface area contributed by atoms with Gasteiger partial charge < -0.3 is 10.5 Å². The summed E-state index contributed by atoms with van der Waals surface area (Å²) in [4.78, 5) is 8.22. The molecule has 1 heterocycles. The number of nitrogen functional groups attached to an aromatic ring is 1. The third kappa shape index (κ3) is 2.38. The SMILES string of the molecule is COc1ccccc1Cc1ncc(C#N)c(N)n1. The van der Waals surface area contributed by atoms with Gasteiger partial charge in [-0.15, -0.1) is 0 Å². The van der Waals surface area contributed by atoms with Crippen molar-refractivity contribution in [3.63, 3.8) is 0 Å². The number of nitriles is 1. The lowest BCUT2D eigenvalue weighted by Gasteiger charge is -2.07. The van der Waals surface area contributed by atoms with E-state index in [2.05, 4.69) is 9.97 Å². The molecular formula is C13H12N4O. The summed E-state index contributed by atoms with van der Waals surface area (Å²) in [6.45, 7) is 0. The minimum atomic E-state index is 0.206. The molecule has 5 heteroatoms. The van der Waals surface area contributed by atoms with E-state index >= 15 is 0 Å². The van der Waals surface area contributed by atoms with Crippen molar-refractivity contribution < 1.29 is 4.74 Å². The molecule has 0 atom stereocenters. The predicted octanol–water partition coefficient (Wildman–Crippen LogP) is 1.53. The van der Waals surface area contributed by atoms with Crippen LogP contribution < -0.4 is 10.5 Å². The number of hydrogen-bond acceptors (Lipinski definition) is 5. The fourth-order valence-electron chi connectivity index (χ4n) is 1.62. The fourth-order valence-corrected chi connectivity index (χ4v) is 1.62. The Hall–Kier alpha value is -2.61. The number of para-hydroxylation sites is 1. The second-order valence-electron chi connectivity index (χ2n) is 3.69. The smallest absolute Gasteiger partial charge is 0.145 e. The number of anilines is 1. The Kier molecular flexibility index (Phi) is 3.39. The average Bonchev–Trinajstić information content (AvgIpc) is 2.39. The summed E-state index contributed by atoms with van der Waals surface area (Å²) in [5.74, 6) is 1.55. The average molecular weight is 240 g/mol. The Morgan fingerprint density at radius 1 is 1.39 bits per heavy atom. The molecule has 0 unspecified atom stereocenters. The lowest BCUT2D eigenvalue weighted by molar-refractivity contribution is 0.410. The highest BCUT2D eigenvalue weighted by Gasteiger charge is 2.07. The molecule has 0 saturated carbocycles. The first-order chi connectivity index (χ1) is 8.74. The van der Waals surface area contributed by atoms with E-state index in [4.69, 9.17) is 15.7 Å². The summed E-state index contributed by atoms with van der Waals surface area (Å²) in [6.07, 6.45) is 1.95. The van der Waals surface area contributed by atoms with E-state index in [-0.39, 0.29) is 5.82 Å². The summed E-state index contributed by atoms with van der Waals surface area (Å²) in [6, 6.07) is 9.57. The molecule has 1 aromatic carbocycles. The van der Waals surface area contributed by atoms with Gasteiger partial charge in [0.05, 0.1) is 13.3 Å². The summed E-state index contributed by atoms with van der Waals surface area (Å²) >= 11 is 0. The quantitative estimate of drug-likeness (QED) is 0.879. The molecule has 0 aliphatic carbocycles. The van der Waals surface area contributed by atoms with Crippen LogP contribution >= 0.6 is 0 Å². The molecule has 1 aromatic heterocycles. The molecule has 0 aliphatic heterocycles. The van der Waals surface area contributed by atoms with Crippen LogP contribution in [0.3, 0.4) is 0 Å². The molecule has 0 fully saturated rings. The Labute approximate surface area is 105 Å². The predicted molar refractivity (Wildman–Crippen MR) is 67.0 cm³/mol. The summed E-state index contributed by atoms with van der Waals surface area (Å²) < 4.78 is 5.25. The molecule has 0 spiro atoms. The minimum Gasteiger partial charge on any atom is -0.496 e. The van der Waals surface area contributed by atoms with Crippen molar-refractivity contribution >= 4 is 5.82 Å². The van der Waals surface area contributed by atoms with Crippen molar-refractivity contribution in [2.45, 2.75) is 6.42 Å². The molecule has 18 heavy (non-hydrogen) atoms. The molecule has 0 saturated heterocycles. The van der Waals surface area contributed by atoms with Gasteiger partial charge in [0.15, 0.2) is 0 Å². The van der Waals surface area contributed by atoms with Gasteiger partial charge in [-0.1, -0.05) is 18.2 Å². The van der Waals surface area contributed by atoms with Gasteiger partial charge in [0.1, 0.15) is 29.0 Å². The van der Waals surface area contributed by atoms with Crippen LogP contribution in [0.1, 0.15) is 17.0 Å². The summed E-state index contributed by atoms with van der Waals surface area (Å²) in [7, 11) is 1.62. The number of methoxy groups -OCH3 is 1. The molecule has 0 bridgehead atoms. The van der Waals surface area contributed by atoms with Gasteiger partial charge in [-0.3, -0.25) is 0 Å². The normalized spacial score (nSPS) is 9.78. The summed E-state index contributed by atoms with van der Waals surface area (Å²) in [5, 5.41) is 8.75. The van der Waals surface area contributed by atoms with E-state index in [1.165, 1.54) is 6.20 Å². The maximum atomic E-state index is 8.75. The Morgan fingerprint density at radius 2 is 2.17 bits per heavy atom. The van der Waals surface area contributed by atoms with Crippen LogP contribution in [-0.2, 0) is 6.42 Å². The maximum Gasteiger partial charge on any atom is 0.145 e. The lowest BCUT2D eigenvalue weighted by Crippen LogP contribution is -2.03. The zero-order valence-corrected chi connectivity index (χ0v) is 9.92. The van der Waals surface area contributed by atoms with Crippen LogP contribution in [0.2, 0.25) is 0 Å². The number of hydrogen-bond donors (Lipinski definition) is 1. The first-order valence-corrected chi connectivity index (χ1v) is 5.38. The van der Waals surface area contributed by atoms with Crippen LogP contribution in [0, 0.1) is 11.3 Å². The van der Waals surface area contributed by atoms with E-state index in [9.17, 15) is 0 Å². The van der Waals surface area contributed by atoms with Gasteiger partial charge in [0.2, 0.25) is 0 Å². The number of nitrogens with two attached hydrogens (primary N) is 1. The van der Waals surface area contributed by atoms with Crippen molar-refractivity contribution in [3.05, 3.63) is 47.4 Å². The van der Waals surface area contributed by atoms with E-state index in [0.29, 0.717) is 17.8 Å². The Balaban J connectivity index is 2.29. The second kappa shape index (κ2) is 5.15. The molecule has 0 amide bonds. The van der Waals surface area contributed by atoms with Crippen molar-refractivity contribution in [1.82, 2.24) is 9.97 Å². The topological polar surface area (TPSA) is 84.8 Å². The van der Waals surface area contributed by atoms with Crippen molar-refractivity contribution in [3.8, 4) is 11.8 Å². The molecule has 0 radical (unpaired) electrons. The third-order valence-corrected chi connectivity index (χ3v) is 2.53. The van der Waals surface area contributed by atoms with E-state index in [1.54, 1.807) is 7.11 Å². The second-order valence-corrected chi connectivity index (χ2v) is 3.69. The van der Waals surface area contributed by atoms with Crippen LogP contribution in [0.5, 0.6) is 5.75 Å². The lowest BCUT2D eigenvalue weighted by atomic mass is 10.1. The number of benzene rings is 1. The molecule has 0 aliphatic rings. The number of nitrogens with zero attached hydrogens (tertiary/aromatic N) is 3. The molecule has 2 N–H and O–H groups in total. The zero-order chi connectivity index (χ0) is 13.0. The monoisotopic (exact) mass is 240 g/mol.